The molecule has 0 spiro atoms. The predicted octanol–water partition coefficient (Wildman–Crippen LogP) is 3.13. The smallest absolute Gasteiger partial charge is 0.408 e. The van der Waals surface area contributed by atoms with E-state index in [1.54, 1.807) is 52.8 Å². The molecular weight excluding hydrogens is 464 g/mol. The van der Waals surface area contributed by atoms with E-state index in [2.05, 4.69) is 10.6 Å². The van der Waals surface area contributed by atoms with Crippen molar-refractivity contribution in [2.75, 3.05) is 0 Å². The van der Waals surface area contributed by atoms with Crippen molar-refractivity contribution in [2.24, 2.45) is 5.73 Å². The molecular formula is C26H42N4O6. The molecule has 0 heterocycles. The van der Waals surface area contributed by atoms with Crippen molar-refractivity contribution in [2.45, 2.75) is 104 Å². The summed E-state index contributed by atoms with van der Waals surface area (Å²) in [6, 6.07) is 3.26. The number of nitrogens with two attached hydrogens (primary N) is 1. The molecule has 0 bridgehead atoms. The molecule has 36 heavy (non-hydrogen) atoms. The van der Waals surface area contributed by atoms with Gasteiger partial charge in [-0.1, -0.05) is 31.5 Å². The van der Waals surface area contributed by atoms with E-state index in [0.29, 0.717) is 0 Å². The number of nitrogens with zero attached hydrogens (tertiary/aromatic N) is 1. The molecule has 0 fully saturated rings. The van der Waals surface area contributed by atoms with Gasteiger partial charge in [-0.25, -0.2) is 4.79 Å². The molecule has 0 saturated heterocycles. The lowest BCUT2D eigenvalue weighted by atomic mass is 9.98. The van der Waals surface area contributed by atoms with Gasteiger partial charge in [0.25, 0.3) is 0 Å². The fraction of sp³-hybridized carbons (Fsp3) is 0.615. The van der Waals surface area contributed by atoms with Crippen molar-refractivity contribution in [1.29, 1.82) is 0 Å². The van der Waals surface area contributed by atoms with Gasteiger partial charge in [0.2, 0.25) is 17.7 Å². The van der Waals surface area contributed by atoms with Crippen LogP contribution in [0.4, 0.5) is 4.79 Å². The third-order valence-corrected chi connectivity index (χ3v) is 5.35. The molecule has 3 atom stereocenters. The van der Waals surface area contributed by atoms with E-state index in [0.717, 1.165) is 12.8 Å². The van der Waals surface area contributed by atoms with E-state index in [4.69, 9.17) is 10.5 Å². The highest BCUT2D eigenvalue weighted by atomic mass is 16.6. The Balaban J connectivity index is 3.49. The lowest BCUT2D eigenvalue weighted by Gasteiger charge is -2.37. The van der Waals surface area contributed by atoms with Crippen LogP contribution in [0.5, 0.6) is 5.75 Å². The summed E-state index contributed by atoms with van der Waals surface area (Å²) < 4.78 is 5.30. The monoisotopic (exact) mass is 506 g/mol. The Morgan fingerprint density at radius 1 is 1.06 bits per heavy atom. The third-order valence-electron chi connectivity index (χ3n) is 5.35. The van der Waals surface area contributed by atoms with E-state index in [9.17, 15) is 24.3 Å². The maximum atomic E-state index is 13.9. The number of nitrogens with one attached hydrogen (secondary N) is 2. The highest BCUT2D eigenvalue weighted by Gasteiger charge is 2.39. The second-order valence-corrected chi connectivity index (χ2v) is 10.2. The average Bonchev–Trinajstić information content (AvgIpc) is 2.73. The predicted molar refractivity (Wildman–Crippen MR) is 137 cm³/mol. The average molecular weight is 507 g/mol. The van der Waals surface area contributed by atoms with Crippen LogP contribution in [0.25, 0.3) is 0 Å². The molecule has 0 aliphatic carbocycles. The van der Waals surface area contributed by atoms with Gasteiger partial charge in [-0.3, -0.25) is 14.4 Å². The first-order valence-corrected chi connectivity index (χ1v) is 12.4. The first kappa shape index (κ1) is 30.7. The minimum atomic E-state index is -1.19. The van der Waals surface area contributed by atoms with Gasteiger partial charge in [0.15, 0.2) is 0 Å². The highest BCUT2D eigenvalue weighted by molar-refractivity contribution is 5.93. The van der Waals surface area contributed by atoms with Crippen molar-refractivity contribution in [3.8, 4) is 5.75 Å². The molecule has 1 aromatic carbocycles. The molecule has 0 aromatic heterocycles. The number of rotatable bonds is 12. The standard InChI is InChI=1S/C26H42N4O6/c1-8-11-17(4)28-23(33)22(18-12-9-10-13-20(18)31)30(16(2)3)24(34)19(14-15-21(27)32)29-25(35)36-26(5,6)7/h9-10,12-13,16-17,19,22,31H,8,11,14-15H2,1-7H3,(H2,27,32)(H,28,33)(H,29,35). The molecule has 0 aliphatic heterocycles. The van der Waals surface area contributed by atoms with Crippen molar-refractivity contribution >= 4 is 23.8 Å². The molecule has 3 unspecified atom stereocenters. The van der Waals surface area contributed by atoms with Gasteiger partial charge >= 0.3 is 6.09 Å². The van der Waals surface area contributed by atoms with E-state index in [1.165, 1.54) is 11.0 Å². The van der Waals surface area contributed by atoms with E-state index < -0.39 is 47.5 Å². The van der Waals surface area contributed by atoms with Gasteiger partial charge in [-0.2, -0.15) is 0 Å². The summed E-state index contributed by atoms with van der Waals surface area (Å²) in [6.45, 7) is 12.4. The molecule has 202 valence electrons. The molecule has 10 nitrogen and oxygen atoms in total. The quantitative estimate of drug-likeness (QED) is 0.342. The van der Waals surface area contributed by atoms with E-state index in [1.807, 2.05) is 13.8 Å². The largest absolute Gasteiger partial charge is 0.508 e. The maximum absolute atomic E-state index is 13.9. The normalized spacial score (nSPS) is 13.9. The lowest BCUT2D eigenvalue weighted by molar-refractivity contribution is -0.145. The van der Waals surface area contributed by atoms with E-state index in [-0.39, 0.29) is 30.2 Å². The first-order chi connectivity index (χ1) is 16.7. The van der Waals surface area contributed by atoms with Crippen molar-refractivity contribution in [3.05, 3.63) is 29.8 Å². The highest BCUT2D eigenvalue weighted by Crippen LogP contribution is 2.31. The minimum Gasteiger partial charge on any atom is -0.508 e. The topological polar surface area (TPSA) is 151 Å². The molecule has 1 rings (SSSR count). The molecule has 1 aromatic rings. The van der Waals surface area contributed by atoms with Gasteiger partial charge in [-0.05, 0) is 60.5 Å². The number of benzene rings is 1. The Morgan fingerprint density at radius 3 is 2.17 bits per heavy atom. The summed E-state index contributed by atoms with van der Waals surface area (Å²) in [4.78, 5) is 52.7. The second-order valence-electron chi connectivity index (χ2n) is 10.2. The SMILES string of the molecule is CCCC(C)NC(=O)C(c1ccccc1O)N(C(=O)C(CCC(N)=O)NC(=O)OC(C)(C)C)C(C)C. The number of phenolic OH excluding ortho intramolecular Hbond substituents is 1. The molecule has 0 saturated carbocycles. The number of carbonyl (C=O) groups is 4. The molecule has 0 aliphatic rings. The summed E-state index contributed by atoms with van der Waals surface area (Å²) in [6.07, 6.45) is 0.493. The first-order valence-electron chi connectivity index (χ1n) is 12.4. The number of phenols is 1. The Hall–Kier alpha value is -3.30. The van der Waals surface area contributed by atoms with Crippen LogP contribution in [0, 0.1) is 0 Å². The van der Waals surface area contributed by atoms with E-state index >= 15 is 0 Å². The molecule has 4 amide bonds. The van der Waals surface area contributed by atoms with Gasteiger partial charge in [0.05, 0.1) is 0 Å². The van der Waals surface area contributed by atoms with Crippen LogP contribution in [0.15, 0.2) is 24.3 Å². The fourth-order valence-electron chi connectivity index (χ4n) is 3.82. The number of hydrogen-bond acceptors (Lipinski definition) is 6. The Labute approximate surface area is 213 Å². The number of alkyl carbamates (subject to hydrolysis) is 1. The fourth-order valence-corrected chi connectivity index (χ4v) is 3.82. The second kappa shape index (κ2) is 13.7. The molecule has 10 heteroatoms. The number of hydrogen-bond donors (Lipinski definition) is 4. The Morgan fingerprint density at radius 2 is 1.67 bits per heavy atom. The summed E-state index contributed by atoms with van der Waals surface area (Å²) in [5, 5.41) is 16.1. The lowest BCUT2D eigenvalue weighted by Crippen LogP contribution is -2.55. The minimum absolute atomic E-state index is 0.0853. The summed E-state index contributed by atoms with van der Waals surface area (Å²) in [5.41, 5.74) is 4.74. The Bertz CT molecular complexity index is 912. The summed E-state index contributed by atoms with van der Waals surface area (Å²) in [5.74, 6) is -1.86. The van der Waals surface area contributed by atoms with Crippen LogP contribution in [0.2, 0.25) is 0 Å². The molecule has 0 radical (unpaired) electrons. The zero-order chi connectivity index (χ0) is 27.6. The maximum Gasteiger partial charge on any atom is 0.408 e. The van der Waals surface area contributed by atoms with Crippen LogP contribution < -0.4 is 16.4 Å². The number of ether oxygens (including phenoxy) is 1. The van der Waals surface area contributed by atoms with Crippen LogP contribution >= 0.6 is 0 Å². The summed E-state index contributed by atoms with van der Waals surface area (Å²) >= 11 is 0. The van der Waals surface area contributed by atoms with Crippen LogP contribution in [-0.2, 0) is 19.1 Å². The van der Waals surface area contributed by atoms with Crippen LogP contribution in [-0.4, -0.2) is 57.5 Å². The summed E-state index contributed by atoms with van der Waals surface area (Å²) in [7, 11) is 0. The molecule has 5 N–H and O–H groups in total. The zero-order valence-electron chi connectivity index (χ0n) is 22.5. The zero-order valence-corrected chi connectivity index (χ0v) is 22.5. The number of primary amides is 1. The number of amides is 4. The van der Waals surface area contributed by atoms with Crippen molar-refractivity contribution in [3.63, 3.8) is 0 Å². The number of carbonyl (C=O) groups excluding carboxylic acids is 4. The third kappa shape index (κ3) is 9.75. The Kier molecular flexibility index (Phi) is 11.7. The van der Waals surface area contributed by atoms with Gasteiger partial charge in [0.1, 0.15) is 23.4 Å². The van der Waals surface area contributed by atoms with Gasteiger partial charge in [0, 0.05) is 24.1 Å². The number of aromatic hydroxyl groups is 1. The van der Waals surface area contributed by atoms with Crippen LogP contribution in [0.1, 0.15) is 85.8 Å². The van der Waals surface area contributed by atoms with Gasteiger partial charge < -0.3 is 31.1 Å². The van der Waals surface area contributed by atoms with Crippen LogP contribution in [0.3, 0.4) is 0 Å². The number of para-hydroxylation sites is 1. The van der Waals surface area contributed by atoms with Crippen molar-refractivity contribution in [1.82, 2.24) is 15.5 Å². The van der Waals surface area contributed by atoms with Gasteiger partial charge in [-0.15, -0.1) is 0 Å². The van der Waals surface area contributed by atoms with Crippen molar-refractivity contribution < 1.29 is 29.0 Å².